The molecule has 0 fully saturated rings. The van der Waals surface area contributed by atoms with Crippen LogP contribution in [0.25, 0.3) is 0 Å². The molecular weight excluding hydrogens is 208 g/mol. The van der Waals surface area contributed by atoms with Crippen molar-refractivity contribution in [2.45, 2.75) is 12.5 Å². The van der Waals surface area contributed by atoms with Gasteiger partial charge in [0.2, 0.25) is 0 Å². The van der Waals surface area contributed by atoms with Gasteiger partial charge in [-0.3, -0.25) is 4.79 Å². The zero-order valence-electron chi connectivity index (χ0n) is 9.64. The maximum atomic E-state index is 11.6. The van der Waals surface area contributed by atoms with Crippen molar-refractivity contribution in [1.82, 2.24) is 9.88 Å². The van der Waals surface area contributed by atoms with Crippen molar-refractivity contribution in [3.05, 3.63) is 24.0 Å². The van der Waals surface area contributed by atoms with Gasteiger partial charge in [0.05, 0.1) is 12.7 Å². The molecular formula is C11H18N2O3. The molecule has 0 radical (unpaired) electrons. The topological polar surface area (TPSA) is 63.5 Å². The SMILES string of the molecule is COCC(O)CCNC(=O)c1cccn1C. The van der Waals surface area contributed by atoms with Gasteiger partial charge in [0.25, 0.3) is 5.91 Å². The maximum absolute atomic E-state index is 11.6. The third-order valence-corrected chi connectivity index (χ3v) is 2.30. The first-order valence-electron chi connectivity index (χ1n) is 5.21. The van der Waals surface area contributed by atoms with Gasteiger partial charge in [0, 0.05) is 26.9 Å². The Morgan fingerprint density at radius 1 is 1.69 bits per heavy atom. The second kappa shape index (κ2) is 6.30. The monoisotopic (exact) mass is 226 g/mol. The zero-order valence-corrected chi connectivity index (χ0v) is 9.64. The van der Waals surface area contributed by atoms with Crippen LogP contribution in [0.15, 0.2) is 18.3 Å². The van der Waals surface area contributed by atoms with Crippen LogP contribution >= 0.6 is 0 Å². The quantitative estimate of drug-likeness (QED) is 0.726. The smallest absolute Gasteiger partial charge is 0.267 e. The number of nitrogens with zero attached hydrogens (tertiary/aromatic N) is 1. The Kier molecular flexibility index (Phi) is 5.01. The summed E-state index contributed by atoms with van der Waals surface area (Å²) < 4.78 is 6.54. The van der Waals surface area contributed by atoms with Crippen molar-refractivity contribution in [3.63, 3.8) is 0 Å². The average molecular weight is 226 g/mol. The van der Waals surface area contributed by atoms with Gasteiger partial charge in [0.15, 0.2) is 0 Å². The summed E-state index contributed by atoms with van der Waals surface area (Å²) in [5, 5.41) is 12.1. The second-order valence-corrected chi connectivity index (χ2v) is 3.66. The molecule has 1 heterocycles. The molecule has 1 atom stereocenters. The van der Waals surface area contributed by atoms with Crippen LogP contribution in [0.2, 0.25) is 0 Å². The lowest BCUT2D eigenvalue weighted by Crippen LogP contribution is -2.29. The molecule has 0 saturated heterocycles. The number of hydrogen-bond donors (Lipinski definition) is 2. The summed E-state index contributed by atoms with van der Waals surface area (Å²) >= 11 is 0. The van der Waals surface area contributed by atoms with Crippen LogP contribution in [0.5, 0.6) is 0 Å². The number of carbonyl (C=O) groups excluding carboxylic acids is 1. The van der Waals surface area contributed by atoms with Gasteiger partial charge >= 0.3 is 0 Å². The normalized spacial score (nSPS) is 12.4. The minimum absolute atomic E-state index is 0.128. The fraction of sp³-hybridized carbons (Fsp3) is 0.545. The van der Waals surface area contributed by atoms with E-state index in [0.29, 0.717) is 25.3 Å². The minimum Gasteiger partial charge on any atom is -0.391 e. The molecule has 90 valence electrons. The second-order valence-electron chi connectivity index (χ2n) is 3.66. The number of carbonyl (C=O) groups is 1. The number of methoxy groups -OCH3 is 1. The van der Waals surface area contributed by atoms with Crippen LogP contribution in [0.3, 0.4) is 0 Å². The molecule has 0 aliphatic rings. The summed E-state index contributed by atoms with van der Waals surface area (Å²) in [6, 6.07) is 3.57. The van der Waals surface area contributed by atoms with Crippen molar-refractivity contribution in [1.29, 1.82) is 0 Å². The molecule has 0 spiro atoms. The average Bonchev–Trinajstić information content (AvgIpc) is 2.64. The van der Waals surface area contributed by atoms with Crippen LogP contribution in [-0.2, 0) is 11.8 Å². The highest BCUT2D eigenvalue weighted by molar-refractivity contribution is 5.92. The molecule has 5 nitrogen and oxygen atoms in total. The van der Waals surface area contributed by atoms with Crippen LogP contribution in [0.1, 0.15) is 16.9 Å². The number of aryl methyl sites for hydroxylation is 1. The molecule has 5 heteroatoms. The zero-order chi connectivity index (χ0) is 12.0. The lowest BCUT2D eigenvalue weighted by Gasteiger charge is -2.10. The van der Waals surface area contributed by atoms with Gasteiger partial charge in [-0.25, -0.2) is 0 Å². The third kappa shape index (κ3) is 3.67. The molecule has 0 aromatic carbocycles. The van der Waals surface area contributed by atoms with E-state index in [0.717, 1.165) is 0 Å². The Morgan fingerprint density at radius 3 is 3.00 bits per heavy atom. The highest BCUT2D eigenvalue weighted by Crippen LogP contribution is 1.99. The van der Waals surface area contributed by atoms with E-state index in [1.54, 1.807) is 10.6 Å². The Bertz CT molecular complexity index is 336. The number of amides is 1. The van der Waals surface area contributed by atoms with E-state index in [1.165, 1.54) is 7.11 Å². The fourth-order valence-corrected chi connectivity index (χ4v) is 1.42. The van der Waals surface area contributed by atoms with Gasteiger partial charge < -0.3 is 19.7 Å². The Balaban J connectivity index is 2.29. The van der Waals surface area contributed by atoms with Crippen molar-refractivity contribution in [2.75, 3.05) is 20.3 Å². The first-order valence-corrected chi connectivity index (χ1v) is 5.21. The molecule has 1 rings (SSSR count). The van der Waals surface area contributed by atoms with E-state index in [4.69, 9.17) is 4.74 Å². The van der Waals surface area contributed by atoms with Crippen molar-refractivity contribution in [2.24, 2.45) is 7.05 Å². The summed E-state index contributed by atoms with van der Waals surface area (Å²) in [5.41, 5.74) is 0.612. The number of aromatic nitrogens is 1. The van der Waals surface area contributed by atoms with Crippen molar-refractivity contribution in [3.8, 4) is 0 Å². The van der Waals surface area contributed by atoms with E-state index < -0.39 is 6.10 Å². The Morgan fingerprint density at radius 2 is 2.44 bits per heavy atom. The fourth-order valence-electron chi connectivity index (χ4n) is 1.42. The summed E-state index contributed by atoms with van der Waals surface area (Å²) in [6.07, 6.45) is 1.78. The van der Waals surface area contributed by atoms with Crippen LogP contribution < -0.4 is 5.32 Å². The number of ether oxygens (including phenoxy) is 1. The van der Waals surface area contributed by atoms with Gasteiger partial charge in [-0.15, -0.1) is 0 Å². The van der Waals surface area contributed by atoms with Gasteiger partial charge in [-0.2, -0.15) is 0 Å². The molecule has 1 unspecified atom stereocenters. The molecule has 2 N–H and O–H groups in total. The van der Waals surface area contributed by atoms with Crippen molar-refractivity contribution >= 4 is 5.91 Å². The van der Waals surface area contributed by atoms with Crippen LogP contribution in [0.4, 0.5) is 0 Å². The molecule has 0 saturated carbocycles. The van der Waals surface area contributed by atoms with Gasteiger partial charge in [-0.05, 0) is 18.6 Å². The molecule has 0 bridgehead atoms. The molecule has 1 aromatic heterocycles. The number of aliphatic hydroxyl groups excluding tert-OH is 1. The summed E-state index contributed by atoms with van der Waals surface area (Å²) in [4.78, 5) is 11.6. The highest BCUT2D eigenvalue weighted by atomic mass is 16.5. The standard InChI is InChI=1S/C11H18N2O3/c1-13-7-3-4-10(13)11(15)12-6-5-9(14)8-16-2/h3-4,7,9,14H,5-6,8H2,1-2H3,(H,12,15). The maximum Gasteiger partial charge on any atom is 0.267 e. The first-order chi connectivity index (χ1) is 7.65. The molecule has 0 aliphatic heterocycles. The summed E-state index contributed by atoms with van der Waals surface area (Å²) in [6.45, 7) is 0.731. The Hall–Kier alpha value is -1.33. The van der Waals surface area contributed by atoms with Crippen LogP contribution in [0, 0.1) is 0 Å². The van der Waals surface area contributed by atoms with Gasteiger partial charge in [0.1, 0.15) is 5.69 Å². The van der Waals surface area contributed by atoms with Gasteiger partial charge in [-0.1, -0.05) is 0 Å². The lowest BCUT2D eigenvalue weighted by atomic mass is 10.2. The number of aliphatic hydroxyl groups is 1. The Labute approximate surface area is 95.0 Å². The van der Waals surface area contributed by atoms with E-state index >= 15 is 0 Å². The van der Waals surface area contributed by atoms with E-state index in [1.807, 2.05) is 19.3 Å². The van der Waals surface area contributed by atoms with E-state index in [9.17, 15) is 9.90 Å². The predicted octanol–water partition coefficient (Wildman–Crippen LogP) is 0.152. The number of nitrogens with one attached hydrogen (secondary N) is 1. The molecule has 16 heavy (non-hydrogen) atoms. The summed E-state index contributed by atoms with van der Waals surface area (Å²) in [5.74, 6) is -0.128. The first kappa shape index (κ1) is 12.7. The molecule has 1 amide bonds. The molecule has 0 aliphatic carbocycles. The lowest BCUT2D eigenvalue weighted by molar-refractivity contribution is 0.0587. The van der Waals surface area contributed by atoms with Crippen LogP contribution in [-0.4, -0.2) is 41.9 Å². The minimum atomic E-state index is -0.529. The third-order valence-electron chi connectivity index (χ3n) is 2.30. The highest BCUT2D eigenvalue weighted by Gasteiger charge is 2.09. The number of hydrogen-bond acceptors (Lipinski definition) is 3. The predicted molar refractivity (Wildman–Crippen MR) is 60.2 cm³/mol. The largest absolute Gasteiger partial charge is 0.391 e. The van der Waals surface area contributed by atoms with E-state index in [2.05, 4.69) is 5.32 Å². The van der Waals surface area contributed by atoms with Crippen molar-refractivity contribution < 1.29 is 14.6 Å². The molecule has 1 aromatic rings. The summed E-state index contributed by atoms with van der Waals surface area (Å²) in [7, 11) is 3.35. The van der Waals surface area contributed by atoms with E-state index in [-0.39, 0.29) is 5.91 Å². The number of rotatable bonds is 6.